The number of β-amino-alcohol motifs (C(OH)–C–C–N with tert-alkyl or cyclic N) is 1. The minimum atomic E-state index is -0.354. The number of carbonyl (C=O) groups is 1. The average Bonchev–Trinajstić information content (AvgIpc) is 3.30. The fraction of sp³-hybridized carbons (Fsp3) is 0.565. The van der Waals surface area contributed by atoms with Gasteiger partial charge in [0.15, 0.2) is 5.69 Å². The summed E-state index contributed by atoms with van der Waals surface area (Å²) in [5.41, 5.74) is 0.919. The fourth-order valence-electron chi connectivity index (χ4n) is 4.12. The first-order valence-corrected chi connectivity index (χ1v) is 11.4. The van der Waals surface area contributed by atoms with Gasteiger partial charge in [-0.3, -0.25) is 19.5 Å². The zero-order chi connectivity index (χ0) is 23.0. The number of benzene rings is 1. The molecule has 1 atom stereocenters. The number of methoxy groups -OCH3 is 1. The van der Waals surface area contributed by atoms with E-state index in [1.165, 1.54) is 6.26 Å². The normalized spacial score (nSPS) is 19.3. The van der Waals surface area contributed by atoms with E-state index in [1.807, 2.05) is 0 Å². The molecule has 2 aliphatic rings. The third-order valence-electron chi connectivity index (χ3n) is 6.00. The van der Waals surface area contributed by atoms with Crippen molar-refractivity contribution in [2.45, 2.75) is 12.6 Å². The lowest BCUT2D eigenvalue weighted by atomic mass is 10.2. The van der Waals surface area contributed by atoms with Crippen LogP contribution in [0.15, 0.2) is 34.9 Å². The molecule has 0 bridgehead atoms. The van der Waals surface area contributed by atoms with Crippen molar-refractivity contribution in [2.24, 2.45) is 0 Å². The van der Waals surface area contributed by atoms with Gasteiger partial charge < -0.3 is 24.3 Å². The third kappa shape index (κ3) is 6.99. The molecule has 10 heteroatoms. The highest BCUT2D eigenvalue weighted by Gasteiger charge is 2.23. The van der Waals surface area contributed by atoms with Crippen molar-refractivity contribution in [1.29, 1.82) is 0 Å². The van der Waals surface area contributed by atoms with Crippen LogP contribution in [0.3, 0.4) is 0 Å². The maximum absolute atomic E-state index is 12.4. The van der Waals surface area contributed by atoms with E-state index in [2.05, 4.69) is 25.0 Å². The fourth-order valence-corrected chi connectivity index (χ4v) is 4.12. The van der Waals surface area contributed by atoms with Crippen molar-refractivity contribution < 1.29 is 23.8 Å². The Hall–Kier alpha value is -2.50. The maximum atomic E-state index is 12.4. The van der Waals surface area contributed by atoms with Crippen molar-refractivity contribution >= 4 is 11.6 Å². The van der Waals surface area contributed by atoms with E-state index in [4.69, 9.17) is 13.9 Å². The third-order valence-corrected chi connectivity index (χ3v) is 6.00. The molecule has 1 aromatic heterocycles. The number of ether oxygens (including phenoxy) is 2. The number of amides is 1. The Morgan fingerprint density at radius 2 is 1.70 bits per heavy atom. The van der Waals surface area contributed by atoms with Crippen LogP contribution < -0.4 is 10.1 Å². The van der Waals surface area contributed by atoms with Crippen LogP contribution in [-0.4, -0.2) is 109 Å². The van der Waals surface area contributed by atoms with Gasteiger partial charge in [-0.15, -0.1) is 0 Å². The molecule has 0 spiro atoms. The summed E-state index contributed by atoms with van der Waals surface area (Å²) in [6.45, 7) is 8.69. The number of hydrogen-bond acceptors (Lipinski definition) is 9. The molecule has 33 heavy (non-hydrogen) atoms. The molecule has 1 amide bonds. The van der Waals surface area contributed by atoms with Crippen LogP contribution in [0.5, 0.6) is 5.75 Å². The lowest BCUT2D eigenvalue weighted by Gasteiger charge is -2.36. The summed E-state index contributed by atoms with van der Waals surface area (Å²) in [5.74, 6) is 0.938. The Labute approximate surface area is 194 Å². The van der Waals surface area contributed by atoms with Crippen molar-refractivity contribution in [3.05, 3.63) is 42.1 Å². The van der Waals surface area contributed by atoms with Crippen LogP contribution in [0.4, 0.5) is 5.69 Å². The summed E-state index contributed by atoms with van der Waals surface area (Å²) in [6.07, 6.45) is 1.04. The van der Waals surface area contributed by atoms with E-state index in [-0.39, 0.29) is 17.7 Å². The second-order valence-electron chi connectivity index (χ2n) is 8.45. The summed E-state index contributed by atoms with van der Waals surface area (Å²) in [7, 11) is 1.60. The van der Waals surface area contributed by atoms with Crippen molar-refractivity contribution in [3.63, 3.8) is 0 Å². The Balaban J connectivity index is 1.18. The number of rotatable bonds is 9. The highest BCUT2D eigenvalue weighted by molar-refractivity contribution is 6.02. The molecule has 0 radical (unpaired) electrons. The van der Waals surface area contributed by atoms with Gasteiger partial charge in [-0.25, -0.2) is 4.98 Å². The van der Waals surface area contributed by atoms with Gasteiger partial charge in [0.25, 0.3) is 5.91 Å². The molecule has 3 heterocycles. The first-order chi connectivity index (χ1) is 16.1. The van der Waals surface area contributed by atoms with Crippen LogP contribution >= 0.6 is 0 Å². The smallest absolute Gasteiger partial charge is 0.277 e. The number of oxazole rings is 1. The Kier molecular flexibility index (Phi) is 8.30. The van der Waals surface area contributed by atoms with Crippen LogP contribution in [0, 0.1) is 0 Å². The van der Waals surface area contributed by atoms with Crippen LogP contribution in [0.1, 0.15) is 16.4 Å². The number of anilines is 1. The quantitative estimate of drug-likeness (QED) is 0.562. The Bertz CT molecular complexity index is 876. The standard InChI is InChI=1S/C23H33N5O5/c1-31-20-4-2-18(3-5-20)24-23(30)21-17-33-22(25-21)16-27-8-6-26(7-9-27)14-19(29)15-28-10-12-32-13-11-28/h2-5,17,19,29H,6-16H2,1H3,(H,24,30)/t19-/m0/s1. The van der Waals surface area contributed by atoms with Gasteiger partial charge in [0.1, 0.15) is 12.0 Å². The first-order valence-electron chi connectivity index (χ1n) is 11.4. The molecule has 0 unspecified atom stereocenters. The summed E-state index contributed by atoms with van der Waals surface area (Å²) >= 11 is 0. The number of aliphatic hydroxyl groups is 1. The molecule has 4 rings (SSSR count). The molecular formula is C23H33N5O5. The van der Waals surface area contributed by atoms with Gasteiger partial charge in [0.2, 0.25) is 5.89 Å². The number of aromatic nitrogens is 1. The van der Waals surface area contributed by atoms with Crippen LogP contribution in [-0.2, 0) is 11.3 Å². The Morgan fingerprint density at radius 1 is 1.06 bits per heavy atom. The molecule has 2 N–H and O–H groups in total. The molecule has 1 aromatic carbocycles. The molecule has 180 valence electrons. The van der Waals surface area contributed by atoms with E-state index in [0.29, 0.717) is 31.2 Å². The summed E-state index contributed by atoms with van der Waals surface area (Å²) in [5, 5.41) is 13.2. The molecule has 2 aromatic rings. The highest BCUT2D eigenvalue weighted by atomic mass is 16.5. The van der Waals surface area contributed by atoms with E-state index in [0.717, 1.165) is 58.2 Å². The van der Waals surface area contributed by atoms with Gasteiger partial charge in [-0.05, 0) is 24.3 Å². The van der Waals surface area contributed by atoms with E-state index >= 15 is 0 Å². The van der Waals surface area contributed by atoms with Crippen LogP contribution in [0.25, 0.3) is 0 Å². The number of nitrogens with zero attached hydrogens (tertiary/aromatic N) is 4. The van der Waals surface area contributed by atoms with E-state index < -0.39 is 0 Å². The number of hydrogen-bond donors (Lipinski definition) is 2. The van der Waals surface area contributed by atoms with Gasteiger partial charge in [-0.1, -0.05) is 0 Å². The zero-order valence-corrected chi connectivity index (χ0v) is 19.1. The van der Waals surface area contributed by atoms with Crippen molar-refractivity contribution in [2.75, 3.05) is 78.0 Å². The van der Waals surface area contributed by atoms with Gasteiger partial charge in [0.05, 0.1) is 33.0 Å². The largest absolute Gasteiger partial charge is 0.497 e. The topological polar surface area (TPSA) is 104 Å². The van der Waals surface area contributed by atoms with Crippen molar-refractivity contribution in [3.8, 4) is 5.75 Å². The number of morpholine rings is 1. The number of nitrogens with one attached hydrogen (secondary N) is 1. The van der Waals surface area contributed by atoms with Gasteiger partial charge in [-0.2, -0.15) is 0 Å². The monoisotopic (exact) mass is 459 g/mol. The SMILES string of the molecule is COc1ccc(NC(=O)c2coc(CN3CCN(C[C@H](O)CN4CCOCC4)CC3)n2)cc1. The number of carbonyl (C=O) groups excluding carboxylic acids is 1. The molecule has 0 saturated carbocycles. The summed E-state index contributed by atoms with van der Waals surface area (Å²) < 4.78 is 16.0. The Morgan fingerprint density at radius 3 is 2.36 bits per heavy atom. The lowest BCUT2D eigenvalue weighted by molar-refractivity contribution is 0.00187. The molecule has 0 aliphatic carbocycles. The predicted octanol–water partition coefficient (Wildman–Crippen LogP) is 0.746. The second kappa shape index (κ2) is 11.6. The predicted molar refractivity (Wildman–Crippen MR) is 122 cm³/mol. The summed E-state index contributed by atoms with van der Waals surface area (Å²) in [6, 6.07) is 7.11. The molecule has 2 aliphatic heterocycles. The van der Waals surface area contributed by atoms with E-state index in [9.17, 15) is 9.90 Å². The molecule has 10 nitrogen and oxygen atoms in total. The first kappa shape index (κ1) is 23.7. The zero-order valence-electron chi connectivity index (χ0n) is 19.1. The lowest BCUT2D eigenvalue weighted by Crippen LogP contribution is -2.50. The van der Waals surface area contributed by atoms with Gasteiger partial charge in [0, 0.05) is 58.0 Å². The van der Waals surface area contributed by atoms with Crippen LogP contribution in [0.2, 0.25) is 0 Å². The maximum Gasteiger partial charge on any atom is 0.277 e. The van der Waals surface area contributed by atoms with E-state index in [1.54, 1.807) is 31.4 Å². The van der Waals surface area contributed by atoms with Gasteiger partial charge >= 0.3 is 0 Å². The molecule has 2 fully saturated rings. The number of aliphatic hydroxyl groups excluding tert-OH is 1. The molecule has 2 saturated heterocycles. The molecular weight excluding hydrogens is 426 g/mol. The number of piperazine rings is 1. The van der Waals surface area contributed by atoms with Crippen molar-refractivity contribution in [1.82, 2.24) is 19.7 Å². The average molecular weight is 460 g/mol. The second-order valence-corrected chi connectivity index (χ2v) is 8.45. The summed E-state index contributed by atoms with van der Waals surface area (Å²) in [4.78, 5) is 23.6. The minimum Gasteiger partial charge on any atom is -0.497 e. The minimum absolute atomic E-state index is 0.255. The highest BCUT2D eigenvalue weighted by Crippen LogP contribution is 2.16.